The molecule has 0 saturated carbocycles. The van der Waals surface area contributed by atoms with Crippen molar-refractivity contribution in [1.29, 1.82) is 0 Å². The van der Waals surface area contributed by atoms with Crippen molar-refractivity contribution in [2.75, 3.05) is 17.2 Å². The Morgan fingerprint density at radius 1 is 0.923 bits per heavy atom. The Morgan fingerprint density at radius 2 is 1.65 bits per heavy atom. The molecule has 0 fully saturated rings. The van der Waals surface area contributed by atoms with Crippen LogP contribution in [0.15, 0.2) is 42.5 Å². The standard InChI is InChI=1S/C21H25N3O2/c1-2-22-21(26)24-19-9-5-8-18(14-19)23-20(25)13-15-10-11-16-6-3-4-7-17(16)12-15/h5,8-12,14H,2-4,6-7,13H2,1H3,(H,23,25)(H2,22,24,26). The molecule has 0 atom stereocenters. The van der Waals surface area contributed by atoms with E-state index in [1.165, 1.54) is 24.0 Å². The van der Waals surface area contributed by atoms with Crippen molar-refractivity contribution in [3.05, 3.63) is 59.2 Å². The van der Waals surface area contributed by atoms with Crippen LogP contribution in [0.5, 0.6) is 0 Å². The highest BCUT2D eigenvalue weighted by molar-refractivity contribution is 5.94. The van der Waals surface area contributed by atoms with Crippen molar-refractivity contribution in [3.8, 4) is 0 Å². The van der Waals surface area contributed by atoms with Crippen molar-refractivity contribution in [1.82, 2.24) is 5.32 Å². The molecule has 5 heteroatoms. The van der Waals surface area contributed by atoms with Crippen LogP contribution in [0, 0.1) is 0 Å². The minimum absolute atomic E-state index is 0.0593. The fourth-order valence-electron chi connectivity index (χ4n) is 3.30. The van der Waals surface area contributed by atoms with Gasteiger partial charge in [0, 0.05) is 17.9 Å². The molecule has 0 saturated heterocycles. The smallest absolute Gasteiger partial charge is 0.319 e. The Morgan fingerprint density at radius 3 is 2.42 bits per heavy atom. The lowest BCUT2D eigenvalue weighted by Gasteiger charge is -2.16. The SMILES string of the molecule is CCNC(=O)Nc1cccc(NC(=O)Cc2ccc3c(c2)CCCC3)c1. The average molecular weight is 351 g/mol. The van der Waals surface area contributed by atoms with Crippen LogP contribution in [-0.2, 0) is 24.1 Å². The summed E-state index contributed by atoms with van der Waals surface area (Å²) < 4.78 is 0. The largest absolute Gasteiger partial charge is 0.338 e. The van der Waals surface area contributed by atoms with E-state index in [1.54, 1.807) is 18.2 Å². The predicted octanol–water partition coefficient (Wildman–Crippen LogP) is 3.89. The first kappa shape index (κ1) is 18.0. The summed E-state index contributed by atoms with van der Waals surface area (Å²) in [7, 11) is 0. The first-order chi connectivity index (χ1) is 12.6. The van der Waals surface area contributed by atoms with Gasteiger partial charge in [-0.1, -0.05) is 24.3 Å². The van der Waals surface area contributed by atoms with E-state index in [0.717, 1.165) is 18.4 Å². The molecule has 1 aliphatic rings. The number of nitrogens with one attached hydrogen (secondary N) is 3. The summed E-state index contributed by atoms with van der Waals surface area (Å²) in [5, 5.41) is 8.32. The molecule has 2 aromatic carbocycles. The third-order valence-electron chi connectivity index (χ3n) is 4.52. The summed E-state index contributed by atoms with van der Waals surface area (Å²) in [6, 6.07) is 13.3. The number of benzene rings is 2. The van der Waals surface area contributed by atoms with Crippen molar-refractivity contribution >= 4 is 23.3 Å². The average Bonchev–Trinajstić information content (AvgIpc) is 2.62. The third kappa shape index (κ3) is 4.85. The number of hydrogen-bond donors (Lipinski definition) is 3. The number of fused-ring (bicyclic) bond motifs is 1. The molecule has 0 unspecified atom stereocenters. The zero-order valence-corrected chi connectivity index (χ0v) is 15.1. The van der Waals surface area contributed by atoms with Gasteiger partial charge in [-0.15, -0.1) is 0 Å². The maximum absolute atomic E-state index is 12.4. The summed E-state index contributed by atoms with van der Waals surface area (Å²) in [5.41, 5.74) is 5.16. The van der Waals surface area contributed by atoms with Crippen LogP contribution in [-0.4, -0.2) is 18.5 Å². The van der Waals surface area contributed by atoms with Gasteiger partial charge in [-0.2, -0.15) is 0 Å². The van der Waals surface area contributed by atoms with Crippen LogP contribution in [0.3, 0.4) is 0 Å². The topological polar surface area (TPSA) is 70.2 Å². The Bertz CT molecular complexity index is 802. The lowest BCUT2D eigenvalue weighted by molar-refractivity contribution is -0.115. The van der Waals surface area contributed by atoms with Gasteiger partial charge in [0.05, 0.1) is 6.42 Å². The van der Waals surface area contributed by atoms with Gasteiger partial charge in [0.15, 0.2) is 0 Å². The lowest BCUT2D eigenvalue weighted by atomic mass is 9.90. The van der Waals surface area contributed by atoms with Gasteiger partial charge in [-0.3, -0.25) is 4.79 Å². The van der Waals surface area contributed by atoms with E-state index in [4.69, 9.17) is 0 Å². The van der Waals surface area contributed by atoms with Gasteiger partial charge < -0.3 is 16.0 Å². The number of carbonyl (C=O) groups excluding carboxylic acids is 2. The molecule has 0 aliphatic heterocycles. The van der Waals surface area contributed by atoms with Crippen LogP contribution < -0.4 is 16.0 Å². The highest BCUT2D eigenvalue weighted by atomic mass is 16.2. The number of amides is 3. The minimum atomic E-state index is -0.259. The fraction of sp³-hybridized carbons (Fsp3) is 0.333. The van der Waals surface area contributed by atoms with Crippen LogP contribution >= 0.6 is 0 Å². The Labute approximate surface area is 154 Å². The molecular formula is C21H25N3O2. The van der Waals surface area contributed by atoms with Crippen molar-refractivity contribution in [3.63, 3.8) is 0 Å². The van der Waals surface area contributed by atoms with Crippen LogP contribution in [0.25, 0.3) is 0 Å². The first-order valence-corrected chi connectivity index (χ1v) is 9.19. The molecule has 1 aliphatic carbocycles. The Balaban J connectivity index is 1.60. The van der Waals surface area contributed by atoms with Gasteiger partial charge in [-0.25, -0.2) is 4.79 Å². The maximum atomic E-state index is 12.4. The van der Waals surface area contributed by atoms with Crippen molar-refractivity contribution in [2.45, 2.75) is 39.0 Å². The quantitative estimate of drug-likeness (QED) is 0.765. The van der Waals surface area contributed by atoms with E-state index in [1.807, 2.05) is 13.0 Å². The minimum Gasteiger partial charge on any atom is -0.338 e. The van der Waals surface area contributed by atoms with Crippen LogP contribution in [0.1, 0.15) is 36.5 Å². The molecule has 0 bridgehead atoms. The zero-order valence-electron chi connectivity index (χ0n) is 15.1. The number of anilines is 2. The molecule has 0 heterocycles. The Hall–Kier alpha value is -2.82. The molecule has 0 spiro atoms. The number of aryl methyl sites for hydroxylation is 2. The maximum Gasteiger partial charge on any atom is 0.319 e. The van der Waals surface area contributed by atoms with E-state index in [-0.39, 0.29) is 11.9 Å². The number of carbonyl (C=O) groups is 2. The van der Waals surface area contributed by atoms with Crippen molar-refractivity contribution < 1.29 is 9.59 Å². The molecule has 0 aromatic heterocycles. The summed E-state index contributed by atoms with van der Waals surface area (Å²) in [6.45, 7) is 2.42. The van der Waals surface area contributed by atoms with Crippen LogP contribution in [0.4, 0.5) is 16.2 Å². The van der Waals surface area contributed by atoms with Gasteiger partial charge in [0.2, 0.25) is 5.91 Å². The molecule has 3 rings (SSSR count). The van der Waals surface area contributed by atoms with E-state index in [9.17, 15) is 9.59 Å². The molecule has 26 heavy (non-hydrogen) atoms. The summed E-state index contributed by atoms with van der Waals surface area (Å²) >= 11 is 0. The number of rotatable bonds is 5. The second kappa shape index (κ2) is 8.52. The van der Waals surface area contributed by atoms with Gasteiger partial charge in [0.25, 0.3) is 0 Å². The summed E-state index contributed by atoms with van der Waals surface area (Å²) in [4.78, 5) is 24.0. The van der Waals surface area contributed by atoms with E-state index < -0.39 is 0 Å². The van der Waals surface area contributed by atoms with E-state index in [2.05, 4.69) is 34.1 Å². The highest BCUT2D eigenvalue weighted by Crippen LogP contribution is 2.22. The molecular weight excluding hydrogens is 326 g/mol. The highest BCUT2D eigenvalue weighted by Gasteiger charge is 2.11. The summed E-state index contributed by atoms with van der Waals surface area (Å²) in [6.07, 6.45) is 5.09. The Kier molecular flexibility index (Phi) is 5.89. The second-order valence-electron chi connectivity index (χ2n) is 6.60. The fourth-order valence-corrected chi connectivity index (χ4v) is 3.30. The lowest BCUT2D eigenvalue weighted by Crippen LogP contribution is -2.28. The molecule has 3 amide bonds. The normalized spacial score (nSPS) is 12.8. The monoisotopic (exact) mass is 351 g/mol. The molecule has 2 aromatic rings. The van der Waals surface area contributed by atoms with Crippen LogP contribution in [0.2, 0.25) is 0 Å². The number of urea groups is 1. The van der Waals surface area contributed by atoms with Crippen molar-refractivity contribution in [2.24, 2.45) is 0 Å². The second-order valence-corrected chi connectivity index (χ2v) is 6.60. The molecule has 5 nitrogen and oxygen atoms in total. The van der Waals surface area contributed by atoms with Gasteiger partial charge in [0.1, 0.15) is 0 Å². The molecule has 0 radical (unpaired) electrons. The predicted molar refractivity (Wildman–Crippen MR) is 105 cm³/mol. The first-order valence-electron chi connectivity index (χ1n) is 9.19. The molecule has 136 valence electrons. The third-order valence-corrected chi connectivity index (χ3v) is 4.52. The molecule has 3 N–H and O–H groups in total. The summed E-state index contributed by atoms with van der Waals surface area (Å²) in [5.74, 6) is -0.0593. The number of hydrogen-bond acceptors (Lipinski definition) is 2. The van der Waals surface area contributed by atoms with Gasteiger partial charge in [-0.05, 0) is 67.5 Å². The van der Waals surface area contributed by atoms with E-state index >= 15 is 0 Å². The zero-order chi connectivity index (χ0) is 18.4. The van der Waals surface area contributed by atoms with Gasteiger partial charge >= 0.3 is 6.03 Å². The van der Waals surface area contributed by atoms with E-state index in [0.29, 0.717) is 24.3 Å².